The summed E-state index contributed by atoms with van der Waals surface area (Å²) in [7, 11) is 1.68. The third-order valence-corrected chi connectivity index (χ3v) is 3.69. The fraction of sp³-hybridized carbons (Fsp3) is 0.200. The van der Waals surface area contributed by atoms with Gasteiger partial charge >= 0.3 is 0 Å². The Kier molecular flexibility index (Phi) is 8.73. The number of nitrogens with one attached hydrogen (secondary N) is 2. The molecule has 8 heteroatoms. The first-order valence-electron chi connectivity index (χ1n) is 8.57. The number of aromatic nitrogens is 1. The summed E-state index contributed by atoms with van der Waals surface area (Å²) in [6.07, 6.45) is 1.62. The highest BCUT2D eigenvalue weighted by molar-refractivity contribution is 14.0. The molecule has 1 aromatic heterocycles. The Balaban J connectivity index is 0.00000280. The summed E-state index contributed by atoms with van der Waals surface area (Å²) in [6, 6.07) is 15.8. The van der Waals surface area contributed by atoms with E-state index in [9.17, 15) is 4.39 Å². The highest BCUT2D eigenvalue weighted by Gasteiger charge is 2.07. The van der Waals surface area contributed by atoms with E-state index >= 15 is 0 Å². The molecule has 0 bridgehead atoms. The highest BCUT2D eigenvalue weighted by Crippen LogP contribution is 2.17. The molecule has 0 aliphatic rings. The van der Waals surface area contributed by atoms with Crippen molar-refractivity contribution in [1.82, 2.24) is 15.6 Å². The lowest BCUT2D eigenvalue weighted by Gasteiger charge is -2.11. The second kappa shape index (κ2) is 11.3. The summed E-state index contributed by atoms with van der Waals surface area (Å²) >= 11 is 0. The molecule has 0 aliphatic heterocycles. The first kappa shape index (κ1) is 21.7. The van der Waals surface area contributed by atoms with Gasteiger partial charge in [0.2, 0.25) is 5.89 Å². The van der Waals surface area contributed by atoms with Crippen molar-refractivity contribution in [2.45, 2.75) is 6.54 Å². The van der Waals surface area contributed by atoms with Crippen molar-refractivity contribution in [3.8, 4) is 17.2 Å². The van der Waals surface area contributed by atoms with Gasteiger partial charge < -0.3 is 19.8 Å². The molecule has 0 amide bonds. The van der Waals surface area contributed by atoms with Crippen molar-refractivity contribution in [2.24, 2.45) is 4.99 Å². The fourth-order valence-corrected chi connectivity index (χ4v) is 2.39. The largest absolute Gasteiger partial charge is 0.492 e. The highest BCUT2D eigenvalue weighted by atomic mass is 127. The van der Waals surface area contributed by atoms with E-state index in [0.29, 0.717) is 37.3 Å². The van der Waals surface area contributed by atoms with Gasteiger partial charge in [0, 0.05) is 18.7 Å². The van der Waals surface area contributed by atoms with E-state index < -0.39 is 0 Å². The molecule has 0 spiro atoms. The number of benzene rings is 2. The molecule has 0 saturated heterocycles. The SMILES string of the molecule is CN=C(NCCOc1cccc(F)c1)NCc1coc(-c2ccccc2)n1.I. The van der Waals surface area contributed by atoms with Crippen molar-refractivity contribution in [1.29, 1.82) is 0 Å². The number of oxazole rings is 1. The molecule has 0 aliphatic carbocycles. The summed E-state index contributed by atoms with van der Waals surface area (Å²) in [5.41, 5.74) is 1.70. The van der Waals surface area contributed by atoms with E-state index in [4.69, 9.17) is 9.15 Å². The molecule has 2 aromatic carbocycles. The molecule has 0 saturated carbocycles. The van der Waals surface area contributed by atoms with Crippen LogP contribution in [0, 0.1) is 5.82 Å². The molecular formula is C20H22FIN4O2. The third kappa shape index (κ3) is 6.52. The average molecular weight is 496 g/mol. The zero-order chi connectivity index (χ0) is 18.9. The maximum absolute atomic E-state index is 13.1. The molecule has 0 fully saturated rings. The Labute approximate surface area is 180 Å². The van der Waals surface area contributed by atoms with Gasteiger partial charge in [-0.1, -0.05) is 24.3 Å². The van der Waals surface area contributed by atoms with Crippen molar-refractivity contribution in [2.75, 3.05) is 20.2 Å². The van der Waals surface area contributed by atoms with E-state index in [-0.39, 0.29) is 29.8 Å². The second-order valence-electron chi connectivity index (χ2n) is 5.67. The van der Waals surface area contributed by atoms with Crippen LogP contribution in [0.3, 0.4) is 0 Å². The van der Waals surface area contributed by atoms with Crippen molar-refractivity contribution in [3.63, 3.8) is 0 Å². The summed E-state index contributed by atoms with van der Waals surface area (Å²) < 4.78 is 24.1. The minimum Gasteiger partial charge on any atom is -0.492 e. The van der Waals surface area contributed by atoms with E-state index in [1.54, 1.807) is 25.4 Å². The predicted octanol–water partition coefficient (Wildman–Crippen LogP) is 3.84. The second-order valence-corrected chi connectivity index (χ2v) is 5.67. The molecule has 2 N–H and O–H groups in total. The Morgan fingerprint density at radius 2 is 1.96 bits per heavy atom. The maximum Gasteiger partial charge on any atom is 0.226 e. The zero-order valence-corrected chi connectivity index (χ0v) is 17.7. The van der Waals surface area contributed by atoms with Crippen LogP contribution in [0.5, 0.6) is 5.75 Å². The number of nitrogens with zero attached hydrogens (tertiary/aromatic N) is 2. The lowest BCUT2D eigenvalue weighted by molar-refractivity contribution is 0.320. The van der Waals surface area contributed by atoms with E-state index in [1.807, 2.05) is 30.3 Å². The first-order valence-corrected chi connectivity index (χ1v) is 8.57. The standard InChI is InChI=1S/C20H21FN4O2.HI/c1-22-20(23-10-11-26-18-9-5-8-16(21)12-18)24-13-17-14-27-19(25-17)15-6-3-2-4-7-15;/h2-9,12,14H,10-11,13H2,1H3,(H2,22,23,24);1H. The van der Waals surface area contributed by atoms with E-state index in [0.717, 1.165) is 11.3 Å². The van der Waals surface area contributed by atoms with Gasteiger partial charge in [-0.15, -0.1) is 24.0 Å². The lowest BCUT2D eigenvalue weighted by atomic mass is 10.2. The minimum atomic E-state index is -0.319. The normalized spacial score (nSPS) is 10.9. The summed E-state index contributed by atoms with van der Waals surface area (Å²) in [5.74, 6) is 1.37. The van der Waals surface area contributed by atoms with Crippen LogP contribution in [0.1, 0.15) is 5.69 Å². The zero-order valence-electron chi connectivity index (χ0n) is 15.4. The number of guanidine groups is 1. The summed E-state index contributed by atoms with van der Waals surface area (Å²) in [4.78, 5) is 8.61. The number of rotatable bonds is 7. The fourth-order valence-electron chi connectivity index (χ4n) is 2.39. The van der Waals surface area contributed by atoms with Gasteiger partial charge in [0.1, 0.15) is 24.4 Å². The average Bonchev–Trinajstić information content (AvgIpc) is 3.17. The van der Waals surface area contributed by atoms with Crippen LogP contribution in [0.15, 0.2) is 70.3 Å². The first-order chi connectivity index (χ1) is 13.2. The molecule has 28 heavy (non-hydrogen) atoms. The van der Waals surface area contributed by atoms with Gasteiger partial charge in [-0.2, -0.15) is 0 Å². The molecule has 3 rings (SSSR count). The Hall–Kier alpha value is -2.62. The lowest BCUT2D eigenvalue weighted by Crippen LogP contribution is -2.38. The van der Waals surface area contributed by atoms with Crippen LogP contribution in [0.2, 0.25) is 0 Å². The van der Waals surface area contributed by atoms with Gasteiger partial charge in [0.25, 0.3) is 0 Å². The maximum atomic E-state index is 13.1. The number of ether oxygens (including phenoxy) is 1. The number of hydrogen-bond acceptors (Lipinski definition) is 4. The monoisotopic (exact) mass is 496 g/mol. The Bertz CT molecular complexity index is 887. The quantitative estimate of drug-likeness (QED) is 0.225. The molecule has 3 aromatic rings. The smallest absolute Gasteiger partial charge is 0.226 e. The van der Waals surface area contributed by atoms with Crippen LogP contribution in [-0.2, 0) is 6.54 Å². The van der Waals surface area contributed by atoms with Gasteiger partial charge in [0.05, 0.1) is 18.8 Å². The molecular weight excluding hydrogens is 474 g/mol. The van der Waals surface area contributed by atoms with Gasteiger partial charge in [0.15, 0.2) is 5.96 Å². The topological polar surface area (TPSA) is 71.7 Å². The van der Waals surface area contributed by atoms with Crippen molar-refractivity contribution >= 4 is 29.9 Å². The Morgan fingerprint density at radius 3 is 2.71 bits per heavy atom. The van der Waals surface area contributed by atoms with Crippen molar-refractivity contribution in [3.05, 3.63) is 72.4 Å². The van der Waals surface area contributed by atoms with Gasteiger partial charge in [-0.25, -0.2) is 9.37 Å². The summed E-state index contributed by atoms with van der Waals surface area (Å²) in [6.45, 7) is 1.37. The van der Waals surface area contributed by atoms with Crippen molar-refractivity contribution < 1.29 is 13.5 Å². The minimum absolute atomic E-state index is 0. The molecule has 0 atom stereocenters. The predicted molar refractivity (Wildman–Crippen MR) is 117 cm³/mol. The number of halogens is 2. The Morgan fingerprint density at radius 1 is 1.14 bits per heavy atom. The van der Waals surface area contributed by atoms with Crippen LogP contribution >= 0.6 is 24.0 Å². The molecule has 1 heterocycles. The van der Waals surface area contributed by atoms with Gasteiger partial charge in [-0.05, 0) is 24.3 Å². The third-order valence-electron chi connectivity index (χ3n) is 3.69. The molecule has 0 radical (unpaired) electrons. The number of aliphatic imine (C=N–C) groups is 1. The molecule has 6 nitrogen and oxygen atoms in total. The summed E-state index contributed by atoms with van der Waals surface area (Å²) in [5, 5.41) is 6.28. The molecule has 148 valence electrons. The van der Waals surface area contributed by atoms with E-state index in [1.165, 1.54) is 12.1 Å². The van der Waals surface area contributed by atoms with Crippen LogP contribution in [0.4, 0.5) is 4.39 Å². The number of hydrogen-bond donors (Lipinski definition) is 2. The van der Waals surface area contributed by atoms with Crippen LogP contribution in [0.25, 0.3) is 11.5 Å². The van der Waals surface area contributed by atoms with Crippen LogP contribution < -0.4 is 15.4 Å². The van der Waals surface area contributed by atoms with Gasteiger partial charge in [-0.3, -0.25) is 4.99 Å². The van der Waals surface area contributed by atoms with Crippen LogP contribution in [-0.4, -0.2) is 31.1 Å². The van der Waals surface area contributed by atoms with E-state index in [2.05, 4.69) is 20.6 Å². The molecule has 0 unspecified atom stereocenters.